The van der Waals surface area contributed by atoms with Gasteiger partial charge in [0.25, 0.3) is 0 Å². The molecule has 1 N–H and O–H groups in total. The maximum atomic E-state index is 9.73. The molecule has 28 heavy (non-hydrogen) atoms. The highest BCUT2D eigenvalue weighted by molar-refractivity contribution is 5.91. The number of nitrogens with one attached hydrogen (secondary N) is 1. The summed E-state index contributed by atoms with van der Waals surface area (Å²) in [6, 6.07) is 14.4. The smallest absolute Gasteiger partial charge is 0.149 e. The number of aromatic nitrogens is 2. The van der Waals surface area contributed by atoms with Crippen molar-refractivity contribution in [1.29, 1.82) is 5.26 Å². The van der Waals surface area contributed by atoms with E-state index in [2.05, 4.69) is 40.9 Å². The minimum absolute atomic E-state index is 0.477. The van der Waals surface area contributed by atoms with Crippen LogP contribution in [0, 0.1) is 18.3 Å². The van der Waals surface area contributed by atoms with Crippen LogP contribution in [0.3, 0.4) is 0 Å². The fraction of sp³-hybridized carbons (Fsp3) is 0.304. The van der Waals surface area contributed by atoms with Crippen LogP contribution in [0.25, 0.3) is 22.7 Å². The summed E-state index contributed by atoms with van der Waals surface area (Å²) >= 11 is 0. The van der Waals surface area contributed by atoms with Crippen LogP contribution >= 0.6 is 0 Å². The fourth-order valence-electron chi connectivity index (χ4n) is 3.27. The van der Waals surface area contributed by atoms with Gasteiger partial charge in [0.2, 0.25) is 0 Å². The Kier molecular flexibility index (Phi) is 6.00. The number of nitriles is 1. The molecule has 5 nitrogen and oxygen atoms in total. The van der Waals surface area contributed by atoms with Gasteiger partial charge in [-0.1, -0.05) is 6.07 Å². The highest BCUT2D eigenvalue weighted by Crippen LogP contribution is 2.29. The van der Waals surface area contributed by atoms with Gasteiger partial charge in [-0.3, -0.25) is 0 Å². The highest BCUT2D eigenvalue weighted by atomic mass is 16.5. The third kappa shape index (κ3) is 4.01. The normalized spacial score (nSPS) is 11.5. The van der Waals surface area contributed by atoms with Crippen LogP contribution < -0.4 is 9.64 Å². The SMILES string of the molecule is CCOc1cc(N(CC)CC)ccc1C=C(C#N)c1nc2ccc(C)cc2[nH]1. The number of H-pyrrole nitrogens is 1. The summed E-state index contributed by atoms with van der Waals surface area (Å²) in [5.74, 6) is 1.34. The fourth-order valence-corrected chi connectivity index (χ4v) is 3.27. The van der Waals surface area contributed by atoms with E-state index in [0.717, 1.165) is 46.7 Å². The zero-order chi connectivity index (χ0) is 20.1. The van der Waals surface area contributed by atoms with Gasteiger partial charge in [-0.05, 0) is 63.6 Å². The maximum Gasteiger partial charge on any atom is 0.149 e. The average molecular weight is 374 g/mol. The number of aromatic amines is 1. The molecular weight excluding hydrogens is 348 g/mol. The first-order valence-corrected chi connectivity index (χ1v) is 9.69. The molecule has 0 bridgehead atoms. The summed E-state index contributed by atoms with van der Waals surface area (Å²) in [5.41, 5.74) is 5.39. The molecule has 0 saturated carbocycles. The van der Waals surface area contributed by atoms with Crippen LogP contribution in [-0.2, 0) is 0 Å². The number of benzene rings is 2. The Bertz CT molecular complexity index is 1040. The van der Waals surface area contributed by atoms with Crippen molar-refractivity contribution in [3.8, 4) is 11.8 Å². The molecule has 1 heterocycles. The zero-order valence-corrected chi connectivity index (χ0v) is 16.9. The first kappa shape index (κ1) is 19.5. The van der Waals surface area contributed by atoms with E-state index in [0.29, 0.717) is 18.0 Å². The molecule has 0 aliphatic carbocycles. The number of imidazole rings is 1. The van der Waals surface area contributed by atoms with Gasteiger partial charge in [-0.25, -0.2) is 4.98 Å². The molecular formula is C23H26N4O. The molecule has 0 atom stereocenters. The van der Waals surface area contributed by atoms with Crippen LogP contribution in [0.15, 0.2) is 36.4 Å². The molecule has 0 amide bonds. The van der Waals surface area contributed by atoms with Crippen LogP contribution in [0.2, 0.25) is 0 Å². The van der Waals surface area contributed by atoms with E-state index in [1.54, 1.807) is 0 Å². The molecule has 3 rings (SSSR count). The minimum atomic E-state index is 0.477. The lowest BCUT2D eigenvalue weighted by molar-refractivity contribution is 0.339. The van der Waals surface area contributed by atoms with Gasteiger partial charge >= 0.3 is 0 Å². The van der Waals surface area contributed by atoms with E-state index >= 15 is 0 Å². The molecule has 3 aromatic rings. The van der Waals surface area contributed by atoms with Gasteiger partial charge in [0.1, 0.15) is 17.6 Å². The Morgan fingerprint density at radius 2 is 1.96 bits per heavy atom. The number of allylic oxidation sites excluding steroid dienone is 1. The van der Waals surface area contributed by atoms with E-state index < -0.39 is 0 Å². The van der Waals surface area contributed by atoms with Crippen molar-refractivity contribution in [2.45, 2.75) is 27.7 Å². The van der Waals surface area contributed by atoms with Crippen molar-refractivity contribution < 1.29 is 4.74 Å². The number of hydrogen-bond acceptors (Lipinski definition) is 4. The number of nitrogens with zero attached hydrogens (tertiary/aromatic N) is 3. The summed E-state index contributed by atoms with van der Waals surface area (Å²) < 4.78 is 5.86. The highest BCUT2D eigenvalue weighted by Gasteiger charge is 2.12. The second kappa shape index (κ2) is 8.62. The maximum absolute atomic E-state index is 9.73. The third-order valence-electron chi connectivity index (χ3n) is 4.74. The van der Waals surface area contributed by atoms with E-state index in [4.69, 9.17) is 4.74 Å². The molecule has 0 radical (unpaired) electrons. The van der Waals surface area contributed by atoms with E-state index in [1.165, 1.54) is 0 Å². The zero-order valence-electron chi connectivity index (χ0n) is 16.9. The number of aryl methyl sites for hydroxylation is 1. The van der Waals surface area contributed by atoms with Crippen molar-refractivity contribution in [2.24, 2.45) is 0 Å². The van der Waals surface area contributed by atoms with Crippen LogP contribution in [-0.4, -0.2) is 29.7 Å². The second-order valence-electron chi connectivity index (χ2n) is 6.60. The van der Waals surface area contributed by atoms with Crippen LogP contribution in [0.4, 0.5) is 5.69 Å². The largest absolute Gasteiger partial charge is 0.493 e. The molecule has 144 valence electrons. The second-order valence-corrected chi connectivity index (χ2v) is 6.60. The third-order valence-corrected chi connectivity index (χ3v) is 4.74. The summed E-state index contributed by atoms with van der Waals surface area (Å²) in [5, 5.41) is 9.73. The van der Waals surface area contributed by atoms with Gasteiger partial charge in [0.15, 0.2) is 0 Å². The lowest BCUT2D eigenvalue weighted by atomic mass is 10.1. The van der Waals surface area contributed by atoms with Gasteiger partial charge in [0.05, 0.1) is 23.2 Å². The topological polar surface area (TPSA) is 64.9 Å². The van der Waals surface area contributed by atoms with Crippen molar-refractivity contribution in [3.05, 3.63) is 53.3 Å². The van der Waals surface area contributed by atoms with E-state index in [9.17, 15) is 5.26 Å². The predicted octanol–water partition coefficient (Wildman–Crippen LogP) is 5.18. The number of rotatable bonds is 7. The quantitative estimate of drug-likeness (QED) is 0.579. The van der Waals surface area contributed by atoms with Crippen LogP contribution in [0.1, 0.15) is 37.7 Å². The lowest BCUT2D eigenvalue weighted by Crippen LogP contribution is -2.21. The molecule has 0 fully saturated rings. The molecule has 1 aromatic heterocycles. The summed E-state index contributed by atoms with van der Waals surface area (Å²) in [6.07, 6.45) is 1.83. The lowest BCUT2D eigenvalue weighted by Gasteiger charge is -2.22. The van der Waals surface area contributed by atoms with Crippen molar-refractivity contribution >= 4 is 28.4 Å². The van der Waals surface area contributed by atoms with Crippen LogP contribution in [0.5, 0.6) is 5.75 Å². The Balaban J connectivity index is 2.04. The van der Waals surface area contributed by atoms with E-state index in [1.807, 2.05) is 50.3 Å². The summed E-state index contributed by atoms with van der Waals surface area (Å²) in [4.78, 5) is 10.1. The number of anilines is 1. The Labute approximate surface area is 166 Å². The van der Waals surface area contributed by atoms with Crippen molar-refractivity contribution in [1.82, 2.24) is 9.97 Å². The first-order chi connectivity index (χ1) is 13.6. The number of ether oxygens (including phenoxy) is 1. The predicted molar refractivity (Wildman–Crippen MR) is 115 cm³/mol. The van der Waals surface area contributed by atoms with Gasteiger partial charge in [-0.15, -0.1) is 0 Å². The standard InChI is InChI=1S/C23H26N4O/c1-5-27(6-2)19-10-9-17(22(14-19)28-7-3)13-18(15-24)23-25-20-11-8-16(4)12-21(20)26-23/h8-14H,5-7H2,1-4H3,(H,25,26). The monoisotopic (exact) mass is 374 g/mol. The number of fused-ring (bicyclic) bond motifs is 1. The van der Waals surface area contributed by atoms with Crippen molar-refractivity contribution in [2.75, 3.05) is 24.6 Å². The Morgan fingerprint density at radius 1 is 1.18 bits per heavy atom. The molecule has 0 spiro atoms. The Hall–Kier alpha value is -3.26. The first-order valence-electron chi connectivity index (χ1n) is 9.69. The average Bonchev–Trinajstić information content (AvgIpc) is 3.11. The molecule has 2 aromatic carbocycles. The van der Waals surface area contributed by atoms with E-state index in [-0.39, 0.29) is 0 Å². The molecule has 0 aliphatic rings. The molecule has 0 unspecified atom stereocenters. The van der Waals surface area contributed by atoms with Gasteiger partial charge in [-0.2, -0.15) is 5.26 Å². The van der Waals surface area contributed by atoms with Gasteiger partial charge < -0.3 is 14.6 Å². The molecule has 5 heteroatoms. The minimum Gasteiger partial charge on any atom is -0.493 e. The molecule has 0 aliphatic heterocycles. The summed E-state index contributed by atoms with van der Waals surface area (Å²) in [7, 11) is 0. The van der Waals surface area contributed by atoms with Crippen molar-refractivity contribution in [3.63, 3.8) is 0 Å². The molecule has 0 saturated heterocycles. The summed E-state index contributed by atoms with van der Waals surface area (Å²) in [6.45, 7) is 10.7. The van der Waals surface area contributed by atoms with Gasteiger partial charge in [0, 0.05) is 30.4 Å². The Morgan fingerprint density at radius 3 is 2.64 bits per heavy atom. The number of hydrogen-bond donors (Lipinski definition) is 1.